The van der Waals surface area contributed by atoms with Crippen LogP contribution >= 0.6 is 11.3 Å². The highest BCUT2D eigenvalue weighted by Gasteiger charge is 2.19. The molecule has 3 rings (SSSR count). The number of hydrogen-bond donors (Lipinski definition) is 2. The lowest BCUT2D eigenvalue weighted by molar-refractivity contribution is -0.116. The average Bonchev–Trinajstić information content (AvgIpc) is 3.00. The normalized spacial score (nSPS) is 13.9. The summed E-state index contributed by atoms with van der Waals surface area (Å²) in [6.07, 6.45) is 1.73. The number of fused-ring (bicyclic) bond motifs is 1. The monoisotopic (exact) mass is 376 g/mol. The SMILES string of the molecule is CN1CCc2nc(NC(=O)CCCNC(=O)c3ccc(F)cc3)sc2C1. The van der Waals surface area contributed by atoms with Crippen LogP contribution in [0.3, 0.4) is 0 Å². The molecule has 2 amide bonds. The summed E-state index contributed by atoms with van der Waals surface area (Å²) in [5.41, 5.74) is 1.48. The van der Waals surface area contributed by atoms with E-state index < -0.39 is 0 Å². The van der Waals surface area contributed by atoms with E-state index in [4.69, 9.17) is 0 Å². The van der Waals surface area contributed by atoms with Gasteiger partial charge in [-0.2, -0.15) is 0 Å². The Morgan fingerprint density at radius 1 is 1.31 bits per heavy atom. The van der Waals surface area contributed by atoms with E-state index in [0.717, 1.165) is 25.2 Å². The second kappa shape index (κ2) is 8.37. The molecule has 0 saturated heterocycles. The minimum atomic E-state index is -0.381. The van der Waals surface area contributed by atoms with Gasteiger partial charge >= 0.3 is 0 Å². The molecule has 1 aromatic carbocycles. The van der Waals surface area contributed by atoms with Crippen LogP contribution in [0.1, 0.15) is 33.8 Å². The summed E-state index contributed by atoms with van der Waals surface area (Å²) in [5.74, 6) is -0.767. The Morgan fingerprint density at radius 3 is 2.85 bits per heavy atom. The van der Waals surface area contributed by atoms with E-state index >= 15 is 0 Å². The molecule has 0 radical (unpaired) electrons. The number of benzene rings is 1. The topological polar surface area (TPSA) is 74.3 Å². The van der Waals surface area contributed by atoms with Crippen LogP contribution in [0.15, 0.2) is 24.3 Å². The van der Waals surface area contributed by atoms with Crippen molar-refractivity contribution >= 4 is 28.3 Å². The maximum atomic E-state index is 12.8. The number of aromatic nitrogens is 1. The van der Waals surface area contributed by atoms with Gasteiger partial charge in [-0.25, -0.2) is 9.37 Å². The first-order valence-electron chi connectivity index (χ1n) is 8.52. The summed E-state index contributed by atoms with van der Waals surface area (Å²) in [6, 6.07) is 5.35. The molecule has 26 heavy (non-hydrogen) atoms. The van der Waals surface area contributed by atoms with E-state index in [9.17, 15) is 14.0 Å². The van der Waals surface area contributed by atoms with Gasteiger partial charge in [0.05, 0.1) is 5.69 Å². The Balaban J connectivity index is 1.39. The fraction of sp³-hybridized carbons (Fsp3) is 0.389. The molecular formula is C18H21FN4O2S. The van der Waals surface area contributed by atoms with E-state index in [1.165, 1.54) is 40.5 Å². The first-order valence-corrected chi connectivity index (χ1v) is 9.33. The third-order valence-electron chi connectivity index (χ3n) is 4.14. The van der Waals surface area contributed by atoms with Crippen LogP contribution in [-0.2, 0) is 17.8 Å². The van der Waals surface area contributed by atoms with Crippen molar-refractivity contribution in [3.05, 3.63) is 46.2 Å². The standard InChI is InChI=1S/C18H21FN4O2S/c1-23-10-8-14-15(11-23)26-18(21-14)22-16(24)3-2-9-20-17(25)12-4-6-13(19)7-5-12/h4-7H,2-3,8-11H2,1H3,(H,20,25)(H,21,22,24). The number of carbonyl (C=O) groups is 2. The number of thiazole rings is 1. The molecule has 8 heteroatoms. The Kier molecular flexibility index (Phi) is 5.95. The smallest absolute Gasteiger partial charge is 0.251 e. The Labute approximate surface area is 155 Å². The van der Waals surface area contributed by atoms with Crippen LogP contribution in [-0.4, -0.2) is 41.8 Å². The van der Waals surface area contributed by atoms with Crippen LogP contribution in [0.25, 0.3) is 0 Å². The number of amides is 2. The number of nitrogens with one attached hydrogen (secondary N) is 2. The van der Waals surface area contributed by atoms with Gasteiger partial charge in [0.15, 0.2) is 5.13 Å². The Hall–Kier alpha value is -2.32. The number of likely N-dealkylation sites (N-methyl/N-ethyl adjacent to an activating group) is 1. The maximum Gasteiger partial charge on any atom is 0.251 e. The molecule has 0 fully saturated rings. The summed E-state index contributed by atoms with van der Waals surface area (Å²) in [6.45, 7) is 2.24. The van der Waals surface area contributed by atoms with Gasteiger partial charge in [-0.3, -0.25) is 9.59 Å². The molecule has 0 bridgehead atoms. The lowest BCUT2D eigenvalue weighted by Crippen LogP contribution is -2.25. The highest BCUT2D eigenvalue weighted by Crippen LogP contribution is 2.27. The Morgan fingerprint density at radius 2 is 2.08 bits per heavy atom. The fourth-order valence-electron chi connectivity index (χ4n) is 2.71. The number of hydrogen-bond acceptors (Lipinski definition) is 5. The minimum absolute atomic E-state index is 0.111. The number of nitrogens with zero attached hydrogens (tertiary/aromatic N) is 2. The molecule has 2 N–H and O–H groups in total. The highest BCUT2D eigenvalue weighted by atomic mass is 32.1. The van der Waals surface area contributed by atoms with Crippen molar-refractivity contribution in [2.45, 2.75) is 25.8 Å². The van der Waals surface area contributed by atoms with Crippen LogP contribution in [0.4, 0.5) is 9.52 Å². The van der Waals surface area contributed by atoms with E-state index in [1.54, 1.807) is 0 Å². The third kappa shape index (κ3) is 4.86. The zero-order chi connectivity index (χ0) is 18.5. The quantitative estimate of drug-likeness (QED) is 0.760. The van der Waals surface area contributed by atoms with Gasteiger partial charge in [0.2, 0.25) is 5.91 Å². The first kappa shape index (κ1) is 18.5. The van der Waals surface area contributed by atoms with Crippen molar-refractivity contribution in [1.82, 2.24) is 15.2 Å². The molecule has 2 heterocycles. The number of halogens is 1. The van der Waals surface area contributed by atoms with Crippen molar-refractivity contribution in [3.63, 3.8) is 0 Å². The van der Waals surface area contributed by atoms with Crippen LogP contribution in [0.2, 0.25) is 0 Å². The highest BCUT2D eigenvalue weighted by molar-refractivity contribution is 7.15. The van der Waals surface area contributed by atoms with Gasteiger partial charge in [-0.1, -0.05) is 0 Å². The number of anilines is 1. The largest absolute Gasteiger partial charge is 0.352 e. The lowest BCUT2D eigenvalue weighted by atomic mass is 10.2. The van der Waals surface area contributed by atoms with Gasteiger partial charge < -0.3 is 15.5 Å². The van der Waals surface area contributed by atoms with Crippen LogP contribution in [0.5, 0.6) is 0 Å². The van der Waals surface area contributed by atoms with Crippen molar-refractivity contribution in [1.29, 1.82) is 0 Å². The van der Waals surface area contributed by atoms with E-state index in [1.807, 2.05) is 0 Å². The minimum Gasteiger partial charge on any atom is -0.352 e. The molecule has 1 aliphatic rings. The second-order valence-corrected chi connectivity index (χ2v) is 7.37. The zero-order valence-corrected chi connectivity index (χ0v) is 15.4. The predicted molar refractivity (Wildman–Crippen MR) is 98.7 cm³/mol. The van der Waals surface area contributed by atoms with Gasteiger partial charge in [-0.15, -0.1) is 11.3 Å². The maximum absolute atomic E-state index is 12.8. The van der Waals surface area contributed by atoms with E-state index in [0.29, 0.717) is 30.1 Å². The third-order valence-corrected chi connectivity index (χ3v) is 5.14. The lowest BCUT2D eigenvalue weighted by Gasteiger charge is -2.20. The van der Waals surface area contributed by atoms with Gasteiger partial charge in [0.1, 0.15) is 5.82 Å². The molecule has 0 saturated carbocycles. The van der Waals surface area contributed by atoms with E-state index in [-0.39, 0.29) is 17.6 Å². The molecule has 6 nitrogen and oxygen atoms in total. The molecule has 2 aromatic rings. The number of carbonyl (C=O) groups excluding carboxylic acids is 2. The van der Waals surface area contributed by atoms with Crippen molar-refractivity contribution in [3.8, 4) is 0 Å². The van der Waals surface area contributed by atoms with Crippen molar-refractivity contribution < 1.29 is 14.0 Å². The number of rotatable bonds is 6. The van der Waals surface area contributed by atoms with Gasteiger partial charge in [0.25, 0.3) is 5.91 Å². The molecule has 1 aromatic heterocycles. The molecule has 0 aliphatic carbocycles. The van der Waals surface area contributed by atoms with Crippen LogP contribution < -0.4 is 10.6 Å². The molecule has 0 atom stereocenters. The summed E-state index contributed by atoms with van der Waals surface area (Å²) in [4.78, 5) is 31.8. The van der Waals surface area contributed by atoms with Crippen molar-refractivity contribution in [2.75, 3.05) is 25.5 Å². The molecule has 0 spiro atoms. The summed E-state index contributed by atoms with van der Waals surface area (Å²) in [7, 11) is 2.07. The van der Waals surface area contributed by atoms with Gasteiger partial charge in [-0.05, 0) is 37.7 Å². The summed E-state index contributed by atoms with van der Waals surface area (Å²) >= 11 is 1.52. The average molecular weight is 376 g/mol. The molecular weight excluding hydrogens is 355 g/mol. The van der Waals surface area contributed by atoms with E-state index in [2.05, 4.69) is 27.6 Å². The zero-order valence-electron chi connectivity index (χ0n) is 14.5. The molecule has 0 unspecified atom stereocenters. The summed E-state index contributed by atoms with van der Waals surface area (Å²) in [5, 5.41) is 6.20. The molecule has 138 valence electrons. The van der Waals surface area contributed by atoms with Gasteiger partial charge in [0, 0.05) is 42.9 Å². The Bertz CT molecular complexity index is 791. The molecule has 1 aliphatic heterocycles. The van der Waals surface area contributed by atoms with Crippen molar-refractivity contribution in [2.24, 2.45) is 0 Å². The summed E-state index contributed by atoms with van der Waals surface area (Å²) < 4.78 is 12.8. The fourth-order valence-corrected chi connectivity index (χ4v) is 3.82. The first-order chi connectivity index (χ1) is 12.5. The predicted octanol–water partition coefficient (Wildman–Crippen LogP) is 2.42. The second-order valence-electron chi connectivity index (χ2n) is 6.29. The van der Waals surface area contributed by atoms with Crippen LogP contribution in [0, 0.1) is 5.82 Å².